The monoisotopic (exact) mass is 283 g/mol. The first-order valence-electron chi connectivity index (χ1n) is 7.00. The molecule has 3 nitrogen and oxygen atoms in total. The molecule has 106 valence electrons. The van der Waals surface area contributed by atoms with Crippen molar-refractivity contribution >= 4 is 11.6 Å². The van der Waals surface area contributed by atoms with Crippen molar-refractivity contribution in [3.8, 4) is 5.75 Å². The molecule has 1 atom stereocenters. The molecular weight excluding hydrogens is 262 g/mol. The number of phenols is 1. The number of hydrogen-bond donors (Lipinski definition) is 1. The van der Waals surface area contributed by atoms with Crippen molar-refractivity contribution in [1.29, 1.82) is 0 Å². The zero-order valence-corrected chi connectivity index (χ0v) is 12.2. The van der Waals surface area contributed by atoms with Gasteiger partial charge in [0.15, 0.2) is 0 Å². The van der Waals surface area contributed by atoms with Crippen LogP contribution in [0.15, 0.2) is 18.2 Å². The van der Waals surface area contributed by atoms with Crippen LogP contribution in [0, 0.1) is 0 Å². The van der Waals surface area contributed by atoms with Crippen molar-refractivity contribution in [2.75, 3.05) is 19.7 Å². The summed E-state index contributed by atoms with van der Waals surface area (Å²) < 4.78 is 5.82. The fraction of sp³-hybridized carbons (Fsp3) is 0.600. The lowest BCUT2D eigenvalue weighted by Crippen LogP contribution is -2.39. The Morgan fingerprint density at radius 3 is 3.11 bits per heavy atom. The Balaban J connectivity index is 1.93. The summed E-state index contributed by atoms with van der Waals surface area (Å²) >= 11 is 5.98. The van der Waals surface area contributed by atoms with Crippen LogP contribution in [0.4, 0.5) is 0 Å². The second-order valence-corrected chi connectivity index (χ2v) is 5.58. The second-order valence-electron chi connectivity index (χ2n) is 5.14. The van der Waals surface area contributed by atoms with Gasteiger partial charge in [0.05, 0.1) is 6.10 Å². The summed E-state index contributed by atoms with van der Waals surface area (Å²) in [5.74, 6) is 0.320. The average molecular weight is 284 g/mol. The molecule has 1 fully saturated rings. The van der Waals surface area contributed by atoms with Crippen LogP contribution in [-0.2, 0) is 11.3 Å². The Labute approximate surface area is 120 Å². The Hall–Kier alpha value is -0.770. The SMILES string of the molecule is CCCOC1CCCN(Cc2cc(Cl)ccc2O)C1. The number of aromatic hydroxyl groups is 1. The normalized spacial score (nSPS) is 20.6. The van der Waals surface area contributed by atoms with Crippen LogP contribution in [0.2, 0.25) is 5.02 Å². The molecule has 0 aromatic heterocycles. The highest BCUT2D eigenvalue weighted by molar-refractivity contribution is 6.30. The molecule has 0 aliphatic carbocycles. The largest absolute Gasteiger partial charge is 0.508 e. The van der Waals surface area contributed by atoms with Crippen molar-refractivity contribution < 1.29 is 9.84 Å². The highest BCUT2D eigenvalue weighted by atomic mass is 35.5. The molecule has 1 heterocycles. The summed E-state index contributed by atoms with van der Waals surface area (Å²) in [5.41, 5.74) is 0.892. The lowest BCUT2D eigenvalue weighted by Gasteiger charge is -2.32. The molecule has 4 heteroatoms. The first kappa shape index (κ1) is 14.6. The third kappa shape index (κ3) is 4.37. The maximum Gasteiger partial charge on any atom is 0.120 e. The fourth-order valence-electron chi connectivity index (χ4n) is 2.50. The summed E-state index contributed by atoms with van der Waals surface area (Å²) in [6.07, 6.45) is 3.68. The number of ether oxygens (including phenoxy) is 1. The molecule has 1 aromatic rings. The van der Waals surface area contributed by atoms with Crippen LogP contribution in [0.3, 0.4) is 0 Å². The third-order valence-corrected chi connectivity index (χ3v) is 3.69. The minimum Gasteiger partial charge on any atom is -0.508 e. The zero-order chi connectivity index (χ0) is 13.7. The Morgan fingerprint density at radius 2 is 2.32 bits per heavy atom. The first-order chi connectivity index (χ1) is 9.19. The topological polar surface area (TPSA) is 32.7 Å². The highest BCUT2D eigenvalue weighted by Gasteiger charge is 2.21. The van der Waals surface area contributed by atoms with E-state index in [2.05, 4.69) is 11.8 Å². The van der Waals surface area contributed by atoms with Crippen LogP contribution in [-0.4, -0.2) is 35.8 Å². The molecule has 1 aromatic carbocycles. The summed E-state index contributed by atoms with van der Waals surface area (Å²) in [6.45, 7) is 5.69. The third-order valence-electron chi connectivity index (χ3n) is 3.46. The number of hydrogen-bond acceptors (Lipinski definition) is 3. The van der Waals surface area contributed by atoms with Gasteiger partial charge in [0.25, 0.3) is 0 Å². The molecule has 19 heavy (non-hydrogen) atoms. The van der Waals surface area contributed by atoms with Gasteiger partial charge in [-0.1, -0.05) is 18.5 Å². The molecule has 0 amide bonds. The van der Waals surface area contributed by atoms with Crippen molar-refractivity contribution in [2.24, 2.45) is 0 Å². The zero-order valence-electron chi connectivity index (χ0n) is 11.4. The number of rotatable bonds is 5. The quantitative estimate of drug-likeness (QED) is 0.898. The molecule has 1 aliphatic heterocycles. The molecular formula is C15H22ClNO2. The van der Waals surface area contributed by atoms with E-state index in [1.807, 2.05) is 6.07 Å². The molecule has 0 bridgehead atoms. The lowest BCUT2D eigenvalue weighted by molar-refractivity contribution is -0.00238. The molecule has 1 aliphatic rings. The summed E-state index contributed by atoms with van der Waals surface area (Å²) in [7, 11) is 0. The fourth-order valence-corrected chi connectivity index (χ4v) is 2.69. The van der Waals surface area contributed by atoms with E-state index in [4.69, 9.17) is 16.3 Å². The molecule has 2 rings (SSSR count). The smallest absolute Gasteiger partial charge is 0.120 e. The van der Waals surface area contributed by atoms with Gasteiger partial charge < -0.3 is 9.84 Å². The van der Waals surface area contributed by atoms with Gasteiger partial charge in [0.1, 0.15) is 5.75 Å². The van der Waals surface area contributed by atoms with E-state index in [1.54, 1.807) is 12.1 Å². The van der Waals surface area contributed by atoms with Gasteiger partial charge in [-0.05, 0) is 44.0 Å². The Bertz CT molecular complexity index is 411. The molecule has 0 saturated carbocycles. The van der Waals surface area contributed by atoms with Gasteiger partial charge in [0.2, 0.25) is 0 Å². The summed E-state index contributed by atoms with van der Waals surface area (Å²) in [5, 5.41) is 10.5. The number of phenolic OH excluding ortho intramolecular Hbond substituents is 1. The number of nitrogens with zero attached hydrogens (tertiary/aromatic N) is 1. The maximum absolute atomic E-state index is 9.86. The number of piperidine rings is 1. The standard InChI is InChI=1S/C15H22ClNO2/c1-2-8-19-14-4-3-7-17(11-14)10-12-9-13(16)5-6-15(12)18/h5-6,9,14,18H,2-4,7-8,10-11H2,1H3. The van der Waals surface area contributed by atoms with Crippen molar-refractivity contribution in [3.63, 3.8) is 0 Å². The van der Waals surface area contributed by atoms with Crippen LogP contribution < -0.4 is 0 Å². The predicted molar refractivity (Wildman–Crippen MR) is 77.7 cm³/mol. The van der Waals surface area contributed by atoms with Crippen LogP contribution >= 0.6 is 11.6 Å². The minimum atomic E-state index is 0.320. The van der Waals surface area contributed by atoms with Gasteiger partial charge in [0, 0.05) is 30.3 Å². The maximum atomic E-state index is 9.86. The van der Waals surface area contributed by atoms with E-state index < -0.39 is 0 Å². The Morgan fingerprint density at radius 1 is 1.47 bits per heavy atom. The van der Waals surface area contributed by atoms with Crippen molar-refractivity contribution in [2.45, 2.75) is 38.8 Å². The van der Waals surface area contributed by atoms with Crippen LogP contribution in [0.5, 0.6) is 5.75 Å². The average Bonchev–Trinajstić information content (AvgIpc) is 2.41. The van der Waals surface area contributed by atoms with Gasteiger partial charge in [-0.25, -0.2) is 0 Å². The van der Waals surface area contributed by atoms with E-state index in [-0.39, 0.29) is 0 Å². The van der Waals surface area contributed by atoms with Gasteiger partial charge in [-0.3, -0.25) is 4.90 Å². The van der Waals surface area contributed by atoms with Crippen molar-refractivity contribution in [1.82, 2.24) is 4.90 Å². The number of likely N-dealkylation sites (tertiary alicyclic amines) is 1. The molecule has 1 N–H and O–H groups in total. The first-order valence-corrected chi connectivity index (χ1v) is 7.38. The molecule has 0 spiro atoms. The van der Waals surface area contributed by atoms with E-state index >= 15 is 0 Å². The summed E-state index contributed by atoms with van der Waals surface area (Å²) in [4.78, 5) is 2.33. The van der Waals surface area contributed by atoms with E-state index in [9.17, 15) is 5.11 Å². The van der Waals surface area contributed by atoms with Gasteiger partial charge in [-0.15, -0.1) is 0 Å². The molecule has 1 unspecified atom stereocenters. The van der Waals surface area contributed by atoms with Crippen molar-refractivity contribution in [3.05, 3.63) is 28.8 Å². The number of halogens is 1. The number of benzene rings is 1. The Kier molecular flexibility index (Phi) is 5.49. The van der Waals surface area contributed by atoms with Gasteiger partial charge in [-0.2, -0.15) is 0 Å². The minimum absolute atomic E-state index is 0.320. The van der Waals surface area contributed by atoms with Crippen LogP contribution in [0.25, 0.3) is 0 Å². The predicted octanol–water partition coefficient (Wildman–Crippen LogP) is 3.44. The molecule has 0 radical (unpaired) electrons. The summed E-state index contributed by atoms with van der Waals surface area (Å²) in [6, 6.07) is 5.21. The highest BCUT2D eigenvalue weighted by Crippen LogP contribution is 2.24. The van der Waals surface area contributed by atoms with E-state index in [0.717, 1.165) is 51.1 Å². The lowest BCUT2D eigenvalue weighted by atomic mass is 10.1. The van der Waals surface area contributed by atoms with Crippen LogP contribution in [0.1, 0.15) is 31.7 Å². The van der Waals surface area contributed by atoms with E-state index in [0.29, 0.717) is 16.9 Å². The second kappa shape index (κ2) is 7.13. The van der Waals surface area contributed by atoms with E-state index in [1.165, 1.54) is 0 Å². The van der Waals surface area contributed by atoms with Gasteiger partial charge >= 0.3 is 0 Å². The molecule has 1 saturated heterocycles.